The molecule has 0 saturated heterocycles. The van der Waals surface area contributed by atoms with Gasteiger partial charge in [0.25, 0.3) is 0 Å². The van der Waals surface area contributed by atoms with Crippen LogP contribution in [0.25, 0.3) is 0 Å². The van der Waals surface area contributed by atoms with Gasteiger partial charge in [-0.05, 0) is 25.1 Å². The molecule has 1 aliphatic heterocycles. The second kappa shape index (κ2) is 8.29. The summed E-state index contributed by atoms with van der Waals surface area (Å²) >= 11 is 6.31. The number of nitrogens with one attached hydrogen (secondary N) is 2. The Morgan fingerprint density at radius 3 is 2.69 bits per heavy atom. The molecule has 1 aliphatic rings. The predicted molar refractivity (Wildman–Crippen MR) is 91.3 cm³/mol. The SMILES string of the molecule is COC(=O)C1=C(C)NC(c2ncccc2F)=[NH+]C1c1ccccc1Cl.[Cl-]. The average Bonchev–Trinajstić information content (AvgIpc) is 2.61. The van der Waals surface area contributed by atoms with Crippen LogP contribution in [0.15, 0.2) is 53.9 Å². The number of benzene rings is 1. The average molecular weight is 396 g/mol. The van der Waals surface area contributed by atoms with E-state index in [0.29, 0.717) is 27.7 Å². The number of allylic oxidation sites excluding steroid dienone is 1. The molecule has 136 valence electrons. The lowest BCUT2D eigenvalue weighted by Crippen LogP contribution is -3.00. The monoisotopic (exact) mass is 395 g/mol. The van der Waals surface area contributed by atoms with Crippen molar-refractivity contribution in [1.29, 1.82) is 0 Å². The molecule has 1 aromatic heterocycles. The number of carbonyl (C=O) groups excluding carboxylic acids is 1. The van der Waals surface area contributed by atoms with Gasteiger partial charge < -0.3 is 17.1 Å². The number of rotatable bonds is 3. The van der Waals surface area contributed by atoms with Crippen LogP contribution in [0.5, 0.6) is 0 Å². The summed E-state index contributed by atoms with van der Waals surface area (Å²) in [6, 6.07) is 9.37. The van der Waals surface area contributed by atoms with Gasteiger partial charge in [0.15, 0.2) is 17.6 Å². The summed E-state index contributed by atoms with van der Waals surface area (Å²) in [5.41, 5.74) is 1.72. The molecule has 0 amide bonds. The van der Waals surface area contributed by atoms with Crippen molar-refractivity contribution in [3.05, 3.63) is 76.0 Å². The van der Waals surface area contributed by atoms with E-state index in [1.165, 1.54) is 25.4 Å². The number of aromatic nitrogens is 1. The molecule has 0 aliphatic carbocycles. The molecule has 1 atom stereocenters. The molecule has 5 nitrogen and oxygen atoms in total. The van der Waals surface area contributed by atoms with Gasteiger partial charge in [0, 0.05) is 16.8 Å². The highest BCUT2D eigenvalue weighted by Crippen LogP contribution is 2.28. The lowest BCUT2D eigenvalue weighted by atomic mass is 9.95. The Labute approximate surface area is 161 Å². The van der Waals surface area contributed by atoms with Crippen LogP contribution in [-0.4, -0.2) is 23.9 Å². The first-order valence-corrected chi connectivity index (χ1v) is 7.95. The summed E-state index contributed by atoms with van der Waals surface area (Å²) in [4.78, 5) is 19.5. The summed E-state index contributed by atoms with van der Waals surface area (Å²) in [5.74, 6) is -0.624. The van der Waals surface area contributed by atoms with Crippen molar-refractivity contribution in [3.8, 4) is 0 Å². The molecule has 0 fully saturated rings. The highest BCUT2D eigenvalue weighted by Gasteiger charge is 2.36. The zero-order chi connectivity index (χ0) is 18.0. The number of halogens is 3. The molecule has 1 unspecified atom stereocenters. The molecule has 0 radical (unpaired) electrons. The van der Waals surface area contributed by atoms with Gasteiger partial charge in [0.1, 0.15) is 11.3 Å². The third-order valence-electron chi connectivity index (χ3n) is 3.91. The first-order valence-electron chi connectivity index (χ1n) is 7.57. The maximum absolute atomic E-state index is 14.1. The molecule has 0 saturated carbocycles. The van der Waals surface area contributed by atoms with Crippen LogP contribution < -0.4 is 22.7 Å². The number of hydrogen-bond acceptors (Lipinski definition) is 4. The van der Waals surface area contributed by atoms with Crippen LogP contribution in [0, 0.1) is 5.82 Å². The van der Waals surface area contributed by atoms with Crippen LogP contribution in [0.3, 0.4) is 0 Å². The molecular weight excluding hydrogens is 380 g/mol. The summed E-state index contributed by atoms with van der Waals surface area (Å²) in [6.07, 6.45) is 1.49. The fraction of sp³-hybridized carbons (Fsp3) is 0.167. The van der Waals surface area contributed by atoms with E-state index in [2.05, 4.69) is 15.3 Å². The zero-order valence-electron chi connectivity index (χ0n) is 14.0. The first-order chi connectivity index (χ1) is 12.0. The zero-order valence-corrected chi connectivity index (χ0v) is 15.5. The molecule has 2 aromatic rings. The molecule has 0 bridgehead atoms. The van der Waals surface area contributed by atoms with Gasteiger partial charge in [-0.15, -0.1) is 0 Å². The summed E-state index contributed by atoms with van der Waals surface area (Å²) in [5, 5.41) is 3.48. The van der Waals surface area contributed by atoms with E-state index in [1.54, 1.807) is 25.1 Å². The van der Waals surface area contributed by atoms with Gasteiger partial charge in [-0.25, -0.2) is 19.5 Å². The van der Waals surface area contributed by atoms with Crippen molar-refractivity contribution in [1.82, 2.24) is 10.3 Å². The third kappa shape index (κ3) is 3.71. The molecular formula is C18H16Cl2FN3O2. The fourth-order valence-electron chi connectivity index (χ4n) is 2.74. The van der Waals surface area contributed by atoms with Crippen LogP contribution in [0.1, 0.15) is 24.2 Å². The molecule has 26 heavy (non-hydrogen) atoms. The second-order valence-electron chi connectivity index (χ2n) is 5.46. The lowest BCUT2D eigenvalue weighted by Gasteiger charge is -2.21. The second-order valence-corrected chi connectivity index (χ2v) is 5.87. The predicted octanol–water partition coefficient (Wildman–Crippen LogP) is -1.50. The van der Waals surface area contributed by atoms with Crippen molar-refractivity contribution in [2.24, 2.45) is 0 Å². The van der Waals surface area contributed by atoms with Gasteiger partial charge in [-0.3, -0.25) is 4.99 Å². The van der Waals surface area contributed by atoms with E-state index >= 15 is 0 Å². The highest BCUT2D eigenvalue weighted by atomic mass is 35.5. The maximum Gasteiger partial charge on any atom is 0.342 e. The number of pyridine rings is 1. The van der Waals surface area contributed by atoms with Crippen molar-refractivity contribution in [2.75, 3.05) is 7.11 Å². The number of ether oxygens (including phenoxy) is 1. The number of amidine groups is 1. The molecule has 3 rings (SSSR count). The lowest BCUT2D eigenvalue weighted by molar-refractivity contribution is -0.501. The van der Waals surface area contributed by atoms with Crippen molar-refractivity contribution >= 4 is 23.4 Å². The maximum atomic E-state index is 14.1. The smallest absolute Gasteiger partial charge is 0.342 e. The topological polar surface area (TPSA) is 65.2 Å². The van der Waals surface area contributed by atoms with Gasteiger partial charge in [-0.1, -0.05) is 29.8 Å². The van der Waals surface area contributed by atoms with Gasteiger partial charge >= 0.3 is 11.8 Å². The normalized spacial score (nSPS) is 16.3. The third-order valence-corrected chi connectivity index (χ3v) is 4.25. The Morgan fingerprint density at radius 2 is 2.04 bits per heavy atom. The van der Waals surface area contributed by atoms with Gasteiger partial charge in [0.2, 0.25) is 0 Å². The van der Waals surface area contributed by atoms with Crippen LogP contribution in [-0.2, 0) is 9.53 Å². The number of methoxy groups -OCH3 is 1. The van der Waals surface area contributed by atoms with Crippen LogP contribution in [0.4, 0.5) is 4.39 Å². The number of hydrogen-bond donors (Lipinski definition) is 2. The number of nitrogens with zero attached hydrogens (tertiary/aromatic N) is 1. The standard InChI is InChI=1S/C18H15ClFN3O2.ClH/c1-10-14(18(24)25-2)15(11-6-3-4-7-12(11)19)23-17(22-10)16-13(20)8-5-9-21-16;/h3-9,15H,1-2H3,(H,22,23);1H. The van der Waals surface area contributed by atoms with E-state index in [0.717, 1.165) is 0 Å². The Balaban J connectivity index is 0.00000243. The number of esters is 1. The molecule has 2 heterocycles. The van der Waals surface area contributed by atoms with Crippen LogP contribution >= 0.6 is 11.6 Å². The molecule has 1 aromatic carbocycles. The van der Waals surface area contributed by atoms with E-state index in [9.17, 15) is 9.18 Å². The first kappa shape index (κ1) is 19.9. The molecule has 2 N–H and O–H groups in total. The van der Waals surface area contributed by atoms with Gasteiger partial charge in [-0.2, -0.15) is 0 Å². The van der Waals surface area contributed by atoms with Crippen molar-refractivity contribution in [2.45, 2.75) is 13.0 Å². The van der Waals surface area contributed by atoms with E-state index in [4.69, 9.17) is 16.3 Å². The Kier molecular flexibility index (Phi) is 6.34. The quantitative estimate of drug-likeness (QED) is 0.620. The Bertz CT molecular complexity index is 900. The van der Waals surface area contributed by atoms with Gasteiger partial charge in [0.05, 0.1) is 7.11 Å². The summed E-state index contributed by atoms with van der Waals surface area (Å²) < 4.78 is 19.0. The summed E-state index contributed by atoms with van der Waals surface area (Å²) in [7, 11) is 1.31. The van der Waals surface area contributed by atoms with E-state index in [-0.39, 0.29) is 18.1 Å². The minimum absolute atomic E-state index is 0. The molecule has 0 spiro atoms. The largest absolute Gasteiger partial charge is 1.00 e. The van der Waals surface area contributed by atoms with E-state index < -0.39 is 17.8 Å². The molecule has 8 heteroatoms. The van der Waals surface area contributed by atoms with Crippen molar-refractivity contribution in [3.63, 3.8) is 0 Å². The number of carbonyl (C=O) groups is 1. The minimum Gasteiger partial charge on any atom is -1.00 e. The van der Waals surface area contributed by atoms with E-state index in [1.807, 2.05) is 6.07 Å². The highest BCUT2D eigenvalue weighted by molar-refractivity contribution is 6.31. The van der Waals surface area contributed by atoms with Crippen LogP contribution in [0.2, 0.25) is 5.02 Å². The fourth-order valence-corrected chi connectivity index (χ4v) is 2.99. The Hall–Kier alpha value is -2.44. The Morgan fingerprint density at radius 1 is 1.31 bits per heavy atom. The van der Waals surface area contributed by atoms with Crippen molar-refractivity contribution < 1.29 is 31.3 Å². The summed E-state index contributed by atoms with van der Waals surface area (Å²) in [6.45, 7) is 1.72. The minimum atomic E-state index is -0.598.